The molecule has 1 atom stereocenters. The van der Waals surface area contributed by atoms with Gasteiger partial charge in [0.05, 0.1) is 6.61 Å². The summed E-state index contributed by atoms with van der Waals surface area (Å²) >= 11 is 0. The third kappa shape index (κ3) is 10.8. The number of hydrogen-bond acceptors (Lipinski definition) is 3. The minimum atomic E-state index is -0.272. The van der Waals surface area contributed by atoms with Gasteiger partial charge < -0.3 is 15.0 Å². The first kappa shape index (κ1) is 18.2. The van der Waals surface area contributed by atoms with E-state index in [2.05, 4.69) is 31.0 Å². The molecular formula is C15H32N2O2. The van der Waals surface area contributed by atoms with Gasteiger partial charge in [0, 0.05) is 6.04 Å². The first-order valence-electron chi connectivity index (χ1n) is 7.79. The molecule has 0 aromatic rings. The van der Waals surface area contributed by atoms with E-state index >= 15 is 0 Å². The lowest BCUT2D eigenvalue weighted by molar-refractivity contribution is 0.140. The summed E-state index contributed by atoms with van der Waals surface area (Å²) < 4.78 is 5.12. The number of alkyl carbamates (subject to hydrolysis) is 1. The Bertz CT molecular complexity index is 218. The molecule has 0 heterocycles. The summed E-state index contributed by atoms with van der Waals surface area (Å²) in [6.07, 6.45) is 5.06. The Morgan fingerprint density at radius 1 is 1.16 bits per heavy atom. The summed E-state index contributed by atoms with van der Waals surface area (Å²) in [5.41, 5.74) is 0. The van der Waals surface area contributed by atoms with Crippen molar-refractivity contribution in [2.45, 2.75) is 65.8 Å². The predicted molar refractivity (Wildman–Crippen MR) is 80.5 cm³/mol. The van der Waals surface area contributed by atoms with Crippen LogP contribution < -0.4 is 5.32 Å². The number of carbonyl (C=O) groups excluding carboxylic acids is 1. The van der Waals surface area contributed by atoms with Gasteiger partial charge in [-0.1, -0.05) is 33.6 Å². The van der Waals surface area contributed by atoms with Gasteiger partial charge in [-0.3, -0.25) is 0 Å². The van der Waals surface area contributed by atoms with Crippen LogP contribution in [0.15, 0.2) is 0 Å². The van der Waals surface area contributed by atoms with Crippen molar-refractivity contribution in [2.24, 2.45) is 0 Å². The van der Waals surface area contributed by atoms with Crippen LogP contribution in [-0.2, 0) is 4.74 Å². The quantitative estimate of drug-likeness (QED) is 0.586. The summed E-state index contributed by atoms with van der Waals surface area (Å²) in [5.74, 6) is 0. The van der Waals surface area contributed by atoms with Crippen molar-refractivity contribution in [3.8, 4) is 0 Å². The molecule has 0 aliphatic carbocycles. The van der Waals surface area contributed by atoms with Crippen molar-refractivity contribution in [1.82, 2.24) is 10.2 Å². The Morgan fingerprint density at radius 2 is 1.84 bits per heavy atom. The van der Waals surface area contributed by atoms with E-state index in [0.29, 0.717) is 6.61 Å². The Labute approximate surface area is 118 Å². The number of unbranched alkanes of at least 4 members (excludes halogenated alkanes) is 2. The Kier molecular flexibility index (Phi) is 11.8. The topological polar surface area (TPSA) is 41.6 Å². The minimum Gasteiger partial charge on any atom is -0.450 e. The molecule has 0 spiro atoms. The van der Waals surface area contributed by atoms with Crippen LogP contribution in [0.1, 0.15) is 59.8 Å². The van der Waals surface area contributed by atoms with E-state index in [9.17, 15) is 4.79 Å². The van der Waals surface area contributed by atoms with Gasteiger partial charge in [-0.25, -0.2) is 4.79 Å². The summed E-state index contributed by atoms with van der Waals surface area (Å²) in [5, 5.41) is 2.89. The highest BCUT2D eigenvalue weighted by atomic mass is 16.5. The van der Waals surface area contributed by atoms with E-state index in [-0.39, 0.29) is 12.1 Å². The van der Waals surface area contributed by atoms with E-state index in [1.807, 2.05) is 6.92 Å². The van der Waals surface area contributed by atoms with Crippen molar-refractivity contribution in [3.05, 3.63) is 0 Å². The molecular weight excluding hydrogens is 240 g/mol. The maximum absolute atomic E-state index is 11.5. The van der Waals surface area contributed by atoms with Crippen LogP contribution in [0, 0.1) is 0 Å². The zero-order valence-corrected chi connectivity index (χ0v) is 13.2. The fourth-order valence-electron chi connectivity index (χ4n) is 1.99. The number of nitrogens with one attached hydrogen (secondary N) is 1. The Balaban J connectivity index is 3.56. The number of ether oxygens (including phenoxy) is 1. The summed E-state index contributed by atoms with van der Waals surface area (Å²) in [6.45, 7) is 12.4. The standard InChI is InChI=1S/C15H32N2O2/c1-5-8-9-13-19-15(18)16-14(4)11-10-12-17(6-2)7-3/h14H,5-13H2,1-4H3,(H,16,18)/t14-/m1/s1. The van der Waals surface area contributed by atoms with Crippen molar-refractivity contribution < 1.29 is 9.53 Å². The molecule has 0 aliphatic heterocycles. The van der Waals surface area contributed by atoms with Gasteiger partial charge in [0.25, 0.3) is 0 Å². The predicted octanol–water partition coefficient (Wildman–Crippen LogP) is 3.41. The van der Waals surface area contributed by atoms with Crippen LogP contribution in [0.2, 0.25) is 0 Å². The summed E-state index contributed by atoms with van der Waals surface area (Å²) in [7, 11) is 0. The highest BCUT2D eigenvalue weighted by Gasteiger charge is 2.08. The van der Waals surface area contributed by atoms with Gasteiger partial charge in [-0.15, -0.1) is 0 Å². The van der Waals surface area contributed by atoms with E-state index in [0.717, 1.165) is 51.7 Å². The molecule has 0 fully saturated rings. The second kappa shape index (κ2) is 12.3. The van der Waals surface area contributed by atoms with Gasteiger partial charge in [-0.05, 0) is 45.8 Å². The molecule has 114 valence electrons. The SMILES string of the molecule is CCCCCOC(=O)N[C@H](C)CCCN(CC)CC. The van der Waals surface area contributed by atoms with E-state index < -0.39 is 0 Å². The normalized spacial score (nSPS) is 12.5. The van der Waals surface area contributed by atoms with Gasteiger partial charge in [0.2, 0.25) is 0 Å². The lowest BCUT2D eigenvalue weighted by atomic mass is 10.2. The van der Waals surface area contributed by atoms with Crippen molar-refractivity contribution in [1.29, 1.82) is 0 Å². The van der Waals surface area contributed by atoms with Crippen LogP contribution in [0.4, 0.5) is 4.79 Å². The molecule has 0 aliphatic rings. The zero-order chi connectivity index (χ0) is 14.5. The molecule has 0 saturated heterocycles. The lowest BCUT2D eigenvalue weighted by Crippen LogP contribution is -2.34. The average molecular weight is 272 g/mol. The van der Waals surface area contributed by atoms with Crippen LogP contribution in [0.5, 0.6) is 0 Å². The molecule has 4 heteroatoms. The smallest absolute Gasteiger partial charge is 0.407 e. The average Bonchev–Trinajstić information content (AvgIpc) is 2.40. The van der Waals surface area contributed by atoms with Crippen molar-refractivity contribution in [3.63, 3.8) is 0 Å². The minimum absolute atomic E-state index is 0.189. The largest absolute Gasteiger partial charge is 0.450 e. The summed E-state index contributed by atoms with van der Waals surface area (Å²) in [6, 6.07) is 0.189. The molecule has 0 radical (unpaired) electrons. The molecule has 1 N–H and O–H groups in total. The Morgan fingerprint density at radius 3 is 2.42 bits per heavy atom. The van der Waals surface area contributed by atoms with E-state index in [4.69, 9.17) is 4.74 Å². The summed E-state index contributed by atoms with van der Waals surface area (Å²) in [4.78, 5) is 13.9. The Hall–Kier alpha value is -0.770. The number of amides is 1. The third-order valence-corrected chi connectivity index (χ3v) is 3.35. The van der Waals surface area contributed by atoms with Crippen LogP contribution in [0.25, 0.3) is 0 Å². The molecule has 0 saturated carbocycles. The van der Waals surface area contributed by atoms with E-state index in [1.54, 1.807) is 0 Å². The van der Waals surface area contributed by atoms with Gasteiger partial charge in [-0.2, -0.15) is 0 Å². The second-order valence-electron chi connectivity index (χ2n) is 5.06. The molecule has 19 heavy (non-hydrogen) atoms. The first-order valence-corrected chi connectivity index (χ1v) is 7.79. The number of hydrogen-bond donors (Lipinski definition) is 1. The number of carbonyl (C=O) groups is 1. The molecule has 0 bridgehead atoms. The second-order valence-corrected chi connectivity index (χ2v) is 5.06. The van der Waals surface area contributed by atoms with Crippen molar-refractivity contribution >= 4 is 6.09 Å². The third-order valence-electron chi connectivity index (χ3n) is 3.35. The monoisotopic (exact) mass is 272 g/mol. The maximum Gasteiger partial charge on any atom is 0.407 e. The number of nitrogens with zero attached hydrogens (tertiary/aromatic N) is 1. The van der Waals surface area contributed by atoms with E-state index in [1.165, 1.54) is 0 Å². The first-order chi connectivity index (χ1) is 9.13. The lowest BCUT2D eigenvalue weighted by Gasteiger charge is -2.19. The zero-order valence-electron chi connectivity index (χ0n) is 13.2. The number of rotatable bonds is 11. The fraction of sp³-hybridized carbons (Fsp3) is 0.933. The highest BCUT2D eigenvalue weighted by Crippen LogP contribution is 2.00. The molecule has 0 aromatic heterocycles. The molecule has 0 rings (SSSR count). The molecule has 1 amide bonds. The highest BCUT2D eigenvalue weighted by molar-refractivity contribution is 5.67. The molecule has 0 unspecified atom stereocenters. The molecule has 0 aromatic carbocycles. The fourth-order valence-corrected chi connectivity index (χ4v) is 1.99. The van der Waals surface area contributed by atoms with Crippen molar-refractivity contribution in [2.75, 3.05) is 26.2 Å². The maximum atomic E-state index is 11.5. The van der Waals surface area contributed by atoms with Crippen LogP contribution in [0.3, 0.4) is 0 Å². The molecule has 4 nitrogen and oxygen atoms in total. The van der Waals surface area contributed by atoms with Crippen LogP contribution in [-0.4, -0.2) is 43.3 Å². The van der Waals surface area contributed by atoms with Gasteiger partial charge in [0.1, 0.15) is 0 Å². The van der Waals surface area contributed by atoms with Crippen LogP contribution >= 0.6 is 0 Å². The van der Waals surface area contributed by atoms with Gasteiger partial charge in [0.15, 0.2) is 0 Å². The van der Waals surface area contributed by atoms with Gasteiger partial charge >= 0.3 is 6.09 Å².